The van der Waals surface area contributed by atoms with Crippen LogP contribution in [0.1, 0.15) is 16.7 Å². The van der Waals surface area contributed by atoms with E-state index in [9.17, 15) is 17.5 Å². The second-order valence-corrected chi connectivity index (χ2v) is 6.42. The molecule has 2 nitrogen and oxygen atoms in total. The van der Waals surface area contributed by atoms with Gasteiger partial charge < -0.3 is 4.55 Å². The van der Waals surface area contributed by atoms with E-state index in [1.807, 2.05) is 0 Å². The fourth-order valence-electron chi connectivity index (χ4n) is 2.84. The second kappa shape index (κ2) is 6.63. The summed E-state index contributed by atoms with van der Waals surface area (Å²) in [4.78, 5) is 0. The summed E-state index contributed by atoms with van der Waals surface area (Å²) in [6.07, 6.45) is 0. The van der Waals surface area contributed by atoms with Crippen molar-refractivity contribution in [2.45, 2.75) is 4.75 Å². The molecule has 0 amide bonds. The molecule has 0 bridgehead atoms. The Labute approximate surface area is 141 Å². The van der Waals surface area contributed by atoms with Gasteiger partial charge in [-0.25, -0.2) is 13.0 Å². The van der Waals surface area contributed by atoms with E-state index >= 15 is 0 Å². The fourth-order valence-corrected chi connectivity index (χ4v) is 3.86. The summed E-state index contributed by atoms with van der Waals surface area (Å²) in [5, 5.41) is 0. The first-order valence-corrected chi connectivity index (χ1v) is 8.34. The van der Waals surface area contributed by atoms with E-state index in [0.717, 1.165) is 0 Å². The summed E-state index contributed by atoms with van der Waals surface area (Å²) in [6.45, 7) is 0. The smallest absolute Gasteiger partial charge is 0.173 e. The van der Waals surface area contributed by atoms with Crippen molar-refractivity contribution in [1.82, 2.24) is 0 Å². The SMILES string of the molecule is O=S(O)C(c1ccccc1)(c1ccc(F)cc1)c1ccc(F)cc1. The van der Waals surface area contributed by atoms with E-state index in [1.165, 1.54) is 48.5 Å². The average molecular weight is 344 g/mol. The largest absolute Gasteiger partial charge is 0.305 e. The van der Waals surface area contributed by atoms with Gasteiger partial charge in [0.15, 0.2) is 11.1 Å². The predicted octanol–water partition coefficient (Wildman–Crippen LogP) is 4.48. The molecule has 1 N–H and O–H groups in total. The molecule has 0 saturated carbocycles. The lowest BCUT2D eigenvalue weighted by Crippen LogP contribution is -2.34. The molecule has 0 radical (unpaired) electrons. The third kappa shape index (κ3) is 2.77. The van der Waals surface area contributed by atoms with Crippen LogP contribution >= 0.6 is 0 Å². The van der Waals surface area contributed by atoms with Crippen LogP contribution in [-0.2, 0) is 15.8 Å². The summed E-state index contributed by atoms with van der Waals surface area (Å²) in [5.74, 6) is -0.882. The molecule has 0 aliphatic carbocycles. The maximum Gasteiger partial charge on any atom is 0.173 e. The van der Waals surface area contributed by atoms with Crippen LogP contribution < -0.4 is 0 Å². The quantitative estimate of drug-likeness (QED) is 0.560. The van der Waals surface area contributed by atoms with E-state index in [0.29, 0.717) is 16.7 Å². The molecule has 3 aromatic rings. The molecule has 5 heteroatoms. The van der Waals surface area contributed by atoms with Crippen molar-refractivity contribution < 1.29 is 17.5 Å². The van der Waals surface area contributed by atoms with E-state index in [2.05, 4.69) is 0 Å². The Morgan fingerprint density at radius 1 is 0.667 bits per heavy atom. The molecular weight excluding hydrogens is 330 g/mol. The molecule has 0 aliphatic heterocycles. The summed E-state index contributed by atoms with van der Waals surface area (Å²) < 4.78 is 48.0. The molecule has 3 rings (SSSR count). The first-order valence-electron chi connectivity index (χ1n) is 7.23. The maximum atomic E-state index is 13.3. The first-order chi connectivity index (χ1) is 11.5. The van der Waals surface area contributed by atoms with Crippen molar-refractivity contribution in [3.63, 3.8) is 0 Å². The third-order valence-corrected chi connectivity index (χ3v) is 5.17. The molecule has 1 atom stereocenters. The first kappa shape index (κ1) is 16.5. The van der Waals surface area contributed by atoms with Crippen LogP contribution in [0.4, 0.5) is 8.78 Å². The molecule has 0 saturated heterocycles. The number of hydrogen-bond acceptors (Lipinski definition) is 1. The van der Waals surface area contributed by atoms with Crippen LogP contribution in [0.5, 0.6) is 0 Å². The summed E-state index contributed by atoms with van der Waals surface area (Å²) in [6, 6.07) is 19.6. The summed E-state index contributed by atoms with van der Waals surface area (Å²) in [7, 11) is 0. The summed E-state index contributed by atoms with van der Waals surface area (Å²) >= 11 is -2.37. The Hall–Kier alpha value is -2.37. The highest BCUT2D eigenvalue weighted by atomic mass is 32.2. The van der Waals surface area contributed by atoms with Crippen LogP contribution in [0.25, 0.3) is 0 Å². The van der Waals surface area contributed by atoms with Crippen LogP contribution in [0, 0.1) is 11.6 Å². The van der Waals surface area contributed by atoms with Gasteiger partial charge in [-0.05, 0) is 41.0 Å². The monoisotopic (exact) mass is 344 g/mol. The zero-order chi connectivity index (χ0) is 17.2. The lowest BCUT2D eigenvalue weighted by Gasteiger charge is -2.32. The number of halogens is 2. The van der Waals surface area contributed by atoms with Crippen LogP contribution in [0.2, 0.25) is 0 Å². The maximum absolute atomic E-state index is 13.3. The van der Waals surface area contributed by atoms with Crippen molar-refractivity contribution in [1.29, 1.82) is 0 Å². The molecule has 0 spiro atoms. The zero-order valence-electron chi connectivity index (χ0n) is 12.5. The molecule has 1 unspecified atom stereocenters. The van der Waals surface area contributed by atoms with E-state index in [4.69, 9.17) is 0 Å². The topological polar surface area (TPSA) is 37.3 Å². The second-order valence-electron chi connectivity index (χ2n) is 5.31. The number of hydrogen-bond donors (Lipinski definition) is 1. The summed E-state index contributed by atoms with van der Waals surface area (Å²) in [5.41, 5.74) is 1.45. The van der Waals surface area contributed by atoms with Crippen molar-refractivity contribution in [2.24, 2.45) is 0 Å². The number of benzene rings is 3. The molecule has 0 aromatic heterocycles. The predicted molar refractivity (Wildman–Crippen MR) is 89.9 cm³/mol. The van der Waals surface area contributed by atoms with Gasteiger partial charge in [-0.15, -0.1) is 0 Å². The van der Waals surface area contributed by atoms with E-state index in [-0.39, 0.29) is 0 Å². The third-order valence-electron chi connectivity index (χ3n) is 3.94. The van der Waals surface area contributed by atoms with E-state index < -0.39 is 27.5 Å². The van der Waals surface area contributed by atoms with Crippen LogP contribution in [0.3, 0.4) is 0 Å². The lowest BCUT2D eigenvalue weighted by molar-refractivity contribution is 0.538. The molecule has 3 aromatic carbocycles. The van der Waals surface area contributed by atoms with Gasteiger partial charge in [-0.3, -0.25) is 0 Å². The zero-order valence-corrected chi connectivity index (χ0v) is 13.3. The Bertz CT molecular complexity index is 801. The molecule has 0 aliphatic rings. The van der Waals surface area contributed by atoms with Crippen LogP contribution in [0.15, 0.2) is 78.9 Å². The molecule has 0 fully saturated rings. The minimum atomic E-state index is -2.37. The Balaban J connectivity index is 2.35. The van der Waals surface area contributed by atoms with Gasteiger partial charge in [-0.2, -0.15) is 0 Å². The van der Waals surface area contributed by atoms with Gasteiger partial charge in [0.05, 0.1) is 0 Å². The Morgan fingerprint density at radius 3 is 1.42 bits per heavy atom. The minimum Gasteiger partial charge on any atom is -0.305 e. The van der Waals surface area contributed by atoms with E-state index in [1.54, 1.807) is 30.3 Å². The highest BCUT2D eigenvalue weighted by Gasteiger charge is 2.42. The molecule has 122 valence electrons. The number of rotatable bonds is 4. The van der Waals surface area contributed by atoms with Crippen molar-refractivity contribution in [3.05, 3.63) is 107 Å². The molecular formula is C19H14F2O2S. The van der Waals surface area contributed by atoms with Crippen molar-refractivity contribution in [2.75, 3.05) is 0 Å². The van der Waals surface area contributed by atoms with Gasteiger partial charge in [0, 0.05) is 0 Å². The highest BCUT2D eigenvalue weighted by molar-refractivity contribution is 7.80. The van der Waals surface area contributed by atoms with Gasteiger partial charge >= 0.3 is 0 Å². The Morgan fingerprint density at radius 2 is 1.04 bits per heavy atom. The molecule has 24 heavy (non-hydrogen) atoms. The van der Waals surface area contributed by atoms with Crippen molar-refractivity contribution >= 4 is 11.1 Å². The molecule has 0 heterocycles. The minimum absolute atomic E-state index is 0.441. The Kier molecular flexibility index (Phi) is 4.55. The van der Waals surface area contributed by atoms with Gasteiger partial charge in [0.2, 0.25) is 0 Å². The van der Waals surface area contributed by atoms with Gasteiger partial charge in [-0.1, -0.05) is 54.6 Å². The lowest BCUT2D eigenvalue weighted by atomic mass is 9.84. The van der Waals surface area contributed by atoms with Crippen LogP contribution in [-0.4, -0.2) is 8.76 Å². The van der Waals surface area contributed by atoms with Gasteiger partial charge in [0.25, 0.3) is 0 Å². The fraction of sp³-hybridized carbons (Fsp3) is 0.0526. The highest BCUT2D eigenvalue weighted by Crippen LogP contribution is 2.41. The average Bonchev–Trinajstić information content (AvgIpc) is 2.59. The standard InChI is InChI=1S/C19H14F2O2S/c20-17-10-6-15(7-11-17)19(24(22)23,14-4-2-1-3-5-14)16-8-12-18(21)13-9-16/h1-13H,(H,22,23). The van der Waals surface area contributed by atoms with Gasteiger partial charge in [0.1, 0.15) is 16.4 Å². The van der Waals surface area contributed by atoms with Crippen molar-refractivity contribution in [3.8, 4) is 0 Å². The normalized spacial score (nSPS) is 12.8.